The van der Waals surface area contributed by atoms with E-state index >= 15 is 4.39 Å². The molecule has 6 aromatic carbocycles. The molecular formula is C49H42Cl2FN3O5. The number of amides is 1. The van der Waals surface area contributed by atoms with E-state index in [4.69, 9.17) is 47.4 Å². The van der Waals surface area contributed by atoms with Crippen LogP contribution < -0.4 is 24.3 Å². The predicted molar refractivity (Wildman–Crippen MR) is 230 cm³/mol. The highest BCUT2D eigenvalue weighted by Gasteiger charge is 2.35. The van der Waals surface area contributed by atoms with Gasteiger partial charge in [0, 0.05) is 24.7 Å². The Balaban J connectivity index is 0.964. The van der Waals surface area contributed by atoms with E-state index in [0.29, 0.717) is 76.8 Å². The van der Waals surface area contributed by atoms with Crippen molar-refractivity contribution in [2.75, 3.05) is 13.7 Å². The van der Waals surface area contributed by atoms with Crippen LogP contribution in [0.15, 0.2) is 121 Å². The van der Waals surface area contributed by atoms with Crippen molar-refractivity contribution in [2.45, 2.75) is 57.6 Å². The maximum Gasteiger partial charge on any atom is 0.237 e. The van der Waals surface area contributed by atoms with Gasteiger partial charge in [0.25, 0.3) is 0 Å². The predicted octanol–water partition coefficient (Wildman–Crippen LogP) is 10.4. The molecule has 0 fully saturated rings. The SMILES string of the molecule is COc1cccc(F)c1CN1Cc2cc3c(cc2C[C@H]1C(=O)N[C@H](C)Cc1ccc(-c2ccc(C#N)cc2)cc1)OCC(c1ccc(OCc2ccc(Cl)c(Cl)c2)cc1)O3. The smallest absolute Gasteiger partial charge is 0.237 e. The summed E-state index contributed by atoms with van der Waals surface area (Å²) in [7, 11) is 1.52. The first-order chi connectivity index (χ1) is 29.1. The Morgan fingerprint density at radius 1 is 0.900 bits per heavy atom. The zero-order chi connectivity index (χ0) is 41.8. The fraction of sp³-hybridized carbons (Fsp3) is 0.224. The molecule has 8 rings (SSSR count). The van der Waals surface area contributed by atoms with Gasteiger partial charge in [0.15, 0.2) is 17.6 Å². The summed E-state index contributed by atoms with van der Waals surface area (Å²) >= 11 is 12.2. The molecule has 0 aliphatic carbocycles. The van der Waals surface area contributed by atoms with Gasteiger partial charge in [-0.25, -0.2) is 4.39 Å². The molecule has 1 amide bonds. The molecule has 0 saturated heterocycles. The van der Waals surface area contributed by atoms with Gasteiger partial charge in [0.1, 0.15) is 30.5 Å². The van der Waals surface area contributed by atoms with E-state index < -0.39 is 11.9 Å². The van der Waals surface area contributed by atoms with Crippen LogP contribution in [-0.4, -0.2) is 36.6 Å². The molecule has 2 aliphatic rings. The number of halogens is 3. The van der Waals surface area contributed by atoms with Gasteiger partial charge in [0.05, 0.1) is 34.8 Å². The van der Waals surface area contributed by atoms with Gasteiger partial charge in [-0.05, 0) is 119 Å². The number of benzene rings is 6. The second kappa shape index (κ2) is 18.1. The van der Waals surface area contributed by atoms with Crippen LogP contribution in [0.1, 0.15) is 52.0 Å². The Hall–Kier alpha value is -6.05. The fourth-order valence-electron chi connectivity index (χ4n) is 7.77. The van der Waals surface area contributed by atoms with E-state index in [1.54, 1.807) is 24.3 Å². The molecule has 0 aromatic heterocycles. The molecule has 3 atom stereocenters. The van der Waals surface area contributed by atoms with Crippen LogP contribution in [0.5, 0.6) is 23.0 Å². The van der Waals surface area contributed by atoms with Crippen molar-refractivity contribution in [1.82, 2.24) is 10.2 Å². The number of nitrogens with zero attached hydrogens (tertiary/aromatic N) is 2. The van der Waals surface area contributed by atoms with E-state index in [1.165, 1.54) is 13.2 Å². The maximum atomic E-state index is 15.4. The van der Waals surface area contributed by atoms with Crippen molar-refractivity contribution >= 4 is 29.1 Å². The third-order valence-electron chi connectivity index (χ3n) is 11.0. The number of rotatable bonds is 12. The Kier molecular flexibility index (Phi) is 12.3. The summed E-state index contributed by atoms with van der Waals surface area (Å²) in [6, 6.07) is 38.9. The highest BCUT2D eigenvalue weighted by Crippen LogP contribution is 2.41. The summed E-state index contributed by atoms with van der Waals surface area (Å²) in [5.41, 5.74) is 7.94. The van der Waals surface area contributed by atoms with Crippen LogP contribution in [0.4, 0.5) is 4.39 Å². The molecule has 6 aromatic rings. The summed E-state index contributed by atoms with van der Waals surface area (Å²) in [4.78, 5) is 16.2. The molecular weight excluding hydrogens is 800 g/mol. The van der Waals surface area contributed by atoms with Gasteiger partial charge in [-0.2, -0.15) is 5.26 Å². The molecule has 1 unspecified atom stereocenters. The van der Waals surface area contributed by atoms with E-state index in [9.17, 15) is 4.79 Å². The van der Waals surface area contributed by atoms with E-state index in [2.05, 4.69) is 35.7 Å². The first-order valence-electron chi connectivity index (χ1n) is 19.7. The van der Waals surface area contributed by atoms with Gasteiger partial charge in [-0.15, -0.1) is 0 Å². The van der Waals surface area contributed by atoms with Crippen LogP contribution in [0, 0.1) is 17.1 Å². The first kappa shape index (κ1) is 40.7. The second-order valence-electron chi connectivity index (χ2n) is 15.1. The lowest BCUT2D eigenvalue weighted by Gasteiger charge is -2.38. The Morgan fingerprint density at radius 2 is 1.62 bits per heavy atom. The van der Waals surface area contributed by atoms with Crippen LogP contribution in [-0.2, 0) is 37.3 Å². The van der Waals surface area contributed by atoms with Crippen molar-refractivity contribution < 1.29 is 28.1 Å². The van der Waals surface area contributed by atoms with Crippen molar-refractivity contribution in [1.29, 1.82) is 5.26 Å². The van der Waals surface area contributed by atoms with Crippen LogP contribution in [0.3, 0.4) is 0 Å². The minimum atomic E-state index is -0.587. The third-order valence-corrected chi connectivity index (χ3v) is 11.7. The average molecular weight is 843 g/mol. The summed E-state index contributed by atoms with van der Waals surface area (Å²) < 4.78 is 39.7. The topological polar surface area (TPSA) is 93.1 Å². The molecule has 11 heteroatoms. The number of nitriles is 1. The summed E-state index contributed by atoms with van der Waals surface area (Å²) in [6.07, 6.45) is 0.667. The monoisotopic (exact) mass is 841 g/mol. The summed E-state index contributed by atoms with van der Waals surface area (Å²) in [5.74, 6) is 1.81. The Morgan fingerprint density at radius 3 is 2.33 bits per heavy atom. The van der Waals surface area contributed by atoms with Crippen LogP contribution in [0.2, 0.25) is 10.0 Å². The number of carbonyl (C=O) groups excluding carboxylic acids is 1. The average Bonchev–Trinajstić information content (AvgIpc) is 3.26. The number of methoxy groups -OCH3 is 1. The van der Waals surface area contributed by atoms with Crippen molar-refractivity contribution in [2.24, 2.45) is 0 Å². The fourth-order valence-corrected chi connectivity index (χ4v) is 8.09. The molecule has 304 valence electrons. The largest absolute Gasteiger partial charge is 0.496 e. The Labute approximate surface area is 359 Å². The maximum absolute atomic E-state index is 15.4. The van der Waals surface area contributed by atoms with Gasteiger partial charge in [0.2, 0.25) is 5.91 Å². The molecule has 0 saturated carbocycles. The normalized spacial score (nSPS) is 16.3. The standard InChI is InChI=1S/C49H42Cl2FN3O5/c1-30(20-31-6-11-34(12-7-31)35-13-8-32(25-53)9-14-35)54-49(56)44-22-37-23-46-47(24-38(37)26-55(44)27-40-43(52)4-3-5-45(40)57-2)60-48(29-59-46)36-15-17-39(18-16-36)58-28-33-10-19-41(50)42(51)21-33/h3-19,21,23-24,30,44,48H,20,22,26-29H2,1-2H3,(H,54,56)/t30-,44+,48?/m1/s1. The lowest BCUT2D eigenvalue weighted by atomic mass is 9.91. The quantitative estimate of drug-likeness (QED) is 0.131. The molecule has 8 nitrogen and oxygen atoms in total. The van der Waals surface area contributed by atoms with Crippen LogP contribution in [0.25, 0.3) is 11.1 Å². The van der Waals surface area contributed by atoms with Crippen LogP contribution >= 0.6 is 23.2 Å². The van der Waals surface area contributed by atoms with Gasteiger partial charge in [-0.1, -0.05) is 83.9 Å². The van der Waals surface area contributed by atoms with Crippen molar-refractivity contribution in [3.05, 3.63) is 176 Å². The van der Waals surface area contributed by atoms with E-state index in [-0.39, 0.29) is 24.6 Å². The number of carbonyl (C=O) groups is 1. The highest BCUT2D eigenvalue weighted by molar-refractivity contribution is 6.42. The van der Waals surface area contributed by atoms with E-state index in [1.807, 2.05) is 78.6 Å². The number of hydrogen-bond donors (Lipinski definition) is 1. The first-order valence-corrected chi connectivity index (χ1v) is 20.5. The number of nitrogens with one attached hydrogen (secondary N) is 1. The highest BCUT2D eigenvalue weighted by atomic mass is 35.5. The van der Waals surface area contributed by atoms with E-state index in [0.717, 1.165) is 38.9 Å². The zero-order valence-electron chi connectivity index (χ0n) is 33.1. The number of fused-ring (bicyclic) bond motifs is 2. The molecule has 2 aliphatic heterocycles. The Bertz CT molecular complexity index is 2540. The minimum Gasteiger partial charge on any atom is -0.496 e. The summed E-state index contributed by atoms with van der Waals surface area (Å²) in [6.45, 7) is 3.18. The number of hydrogen-bond acceptors (Lipinski definition) is 7. The van der Waals surface area contributed by atoms with Crippen molar-refractivity contribution in [3.8, 4) is 40.2 Å². The number of ether oxygens (including phenoxy) is 4. The molecule has 1 N–H and O–H groups in total. The lowest BCUT2D eigenvalue weighted by Crippen LogP contribution is -2.52. The van der Waals surface area contributed by atoms with Gasteiger partial charge < -0.3 is 24.3 Å². The zero-order valence-corrected chi connectivity index (χ0v) is 34.6. The molecule has 60 heavy (non-hydrogen) atoms. The van der Waals surface area contributed by atoms with Gasteiger partial charge in [-0.3, -0.25) is 9.69 Å². The third kappa shape index (κ3) is 9.22. The van der Waals surface area contributed by atoms with Gasteiger partial charge >= 0.3 is 0 Å². The minimum absolute atomic E-state index is 0.142. The molecule has 2 heterocycles. The summed E-state index contributed by atoms with van der Waals surface area (Å²) in [5, 5.41) is 13.4. The molecule has 0 radical (unpaired) electrons. The molecule has 0 bridgehead atoms. The second-order valence-corrected chi connectivity index (χ2v) is 16.0. The lowest BCUT2D eigenvalue weighted by molar-refractivity contribution is -0.128. The van der Waals surface area contributed by atoms with Crippen molar-refractivity contribution in [3.63, 3.8) is 0 Å². The molecule has 0 spiro atoms.